The molecule has 0 fully saturated rings. The van der Waals surface area contributed by atoms with Crippen molar-refractivity contribution < 1.29 is 9.57 Å². The number of hydrogen-bond donors (Lipinski definition) is 2. The predicted molar refractivity (Wildman–Crippen MR) is 47.7 cm³/mol. The van der Waals surface area contributed by atoms with Crippen molar-refractivity contribution in [3.63, 3.8) is 0 Å². The lowest BCUT2D eigenvalue weighted by Gasteiger charge is -2.05. The van der Waals surface area contributed by atoms with Gasteiger partial charge in [-0.3, -0.25) is 10.3 Å². The Balaban J connectivity index is 4.41. The maximum atomic E-state index is 5.56. The average molecular weight is 170 g/mol. The van der Waals surface area contributed by atoms with Crippen LogP contribution >= 0.6 is 0 Å². The molecule has 68 valence electrons. The highest BCUT2D eigenvalue weighted by molar-refractivity contribution is 5.26. The lowest BCUT2D eigenvalue weighted by molar-refractivity contribution is 0.120. The van der Waals surface area contributed by atoms with Crippen molar-refractivity contribution in [3.05, 3.63) is 36.4 Å². The van der Waals surface area contributed by atoms with Crippen LogP contribution in [0.3, 0.4) is 0 Å². The van der Waals surface area contributed by atoms with Gasteiger partial charge < -0.3 is 10.5 Å². The summed E-state index contributed by atoms with van der Waals surface area (Å²) in [4.78, 5) is 4.68. The number of rotatable bonds is 5. The molecule has 0 aliphatic carbocycles. The molecule has 0 aromatic rings. The highest BCUT2D eigenvalue weighted by atomic mass is 16.6. The van der Waals surface area contributed by atoms with Crippen molar-refractivity contribution in [2.45, 2.75) is 0 Å². The van der Waals surface area contributed by atoms with Crippen LogP contribution < -0.4 is 11.2 Å². The van der Waals surface area contributed by atoms with Gasteiger partial charge in [0.15, 0.2) is 0 Å². The molecule has 0 radical (unpaired) electrons. The van der Waals surface area contributed by atoms with Gasteiger partial charge in [0.2, 0.25) is 0 Å². The van der Waals surface area contributed by atoms with E-state index in [-0.39, 0.29) is 0 Å². The normalized spacial score (nSPS) is 12.5. The smallest absolute Gasteiger partial charge is 0.0863 e. The molecule has 0 amide bonds. The molecule has 0 rings (SSSR count). The fourth-order valence-corrected chi connectivity index (χ4v) is 0.545. The van der Waals surface area contributed by atoms with E-state index in [1.807, 2.05) is 0 Å². The van der Waals surface area contributed by atoms with Crippen LogP contribution in [0.4, 0.5) is 0 Å². The van der Waals surface area contributed by atoms with E-state index in [4.69, 9.17) is 10.5 Å². The summed E-state index contributed by atoms with van der Waals surface area (Å²) < 4.78 is 4.71. The minimum atomic E-state index is 0.491. The third-order valence-electron chi connectivity index (χ3n) is 1.11. The highest BCUT2D eigenvalue weighted by Gasteiger charge is 1.94. The number of hydroxylamine groups is 1. The molecular weight excluding hydrogens is 156 g/mol. The van der Waals surface area contributed by atoms with E-state index in [2.05, 4.69) is 16.9 Å². The first-order chi connectivity index (χ1) is 5.76. The van der Waals surface area contributed by atoms with Crippen LogP contribution in [0.25, 0.3) is 0 Å². The third-order valence-corrected chi connectivity index (χ3v) is 1.11. The van der Waals surface area contributed by atoms with Gasteiger partial charge >= 0.3 is 0 Å². The summed E-state index contributed by atoms with van der Waals surface area (Å²) in [6.07, 6.45) is 4.64. The zero-order chi connectivity index (χ0) is 9.40. The molecule has 0 unspecified atom stereocenters. The Hall–Kier alpha value is -1.42. The van der Waals surface area contributed by atoms with E-state index in [0.29, 0.717) is 11.4 Å². The van der Waals surface area contributed by atoms with Crippen LogP contribution in [-0.2, 0) is 9.57 Å². The Labute approximate surface area is 72.3 Å². The zero-order valence-electron chi connectivity index (χ0n) is 7.33. The van der Waals surface area contributed by atoms with Crippen LogP contribution in [0.2, 0.25) is 0 Å². The lowest BCUT2D eigenvalue weighted by atomic mass is 10.3. The number of ether oxygens (including phenoxy) is 1. The Morgan fingerprint density at radius 2 is 2.17 bits per heavy atom. The monoisotopic (exact) mass is 170 g/mol. The largest absolute Gasteiger partial charge is 0.504 e. The second-order valence-electron chi connectivity index (χ2n) is 1.92. The third kappa shape index (κ3) is 3.68. The number of nitrogens with one attached hydrogen (secondary N) is 1. The number of allylic oxidation sites excluding steroid dienone is 2. The summed E-state index contributed by atoms with van der Waals surface area (Å²) >= 11 is 0. The van der Waals surface area contributed by atoms with Crippen molar-refractivity contribution >= 4 is 0 Å². The van der Waals surface area contributed by atoms with Crippen LogP contribution in [0.1, 0.15) is 0 Å². The van der Waals surface area contributed by atoms with Crippen molar-refractivity contribution in [2.75, 3.05) is 14.2 Å². The minimum absolute atomic E-state index is 0.491. The van der Waals surface area contributed by atoms with Crippen molar-refractivity contribution in [1.29, 1.82) is 0 Å². The first-order valence-corrected chi connectivity index (χ1v) is 3.36. The average Bonchev–Trinajstić information content (AvgIpc) is 2.11. The maximum Gasteiger partial charge on any atom is 0.0863 e. The summed E-state index contributed by atoms with van der Waals surface area (Å²) in [5.74, 6) is 0. The molecule has 0 aromatic heterocycles. The van der Waals surface area contributed by atoms with Gasteiger partial charge in [-0.25, -0.2) is 0 Å². The molecule has 0 aliphatic heterocycles. The van der Waals surface area contributed by atoms with Crippen LogP contribution in [0.5, 0.6) is 0 Å². The summed E-state index contributed by atoms with van der Waals surface area (Å²) in [5, 5.41) is 0. The molecule has 4 nitrogen and oxygen atoms in total. The molecule has 0 saturated heterocycles. The molecular formula is C8H14N2O2. The van der Waals surface area contributed by atoms with E-state index >= 15 is 0 Å². The number of methoxy groups -OCH3 is 1. The molecule has 0 bridgehead atoms. The fourth-order valence-electron chi connectivity index (χ4n) is 0.545. The van der Waals surface area contributed by atoms with Gasteiger partial charge in [0.25, 0.3) is 0 Å². The van der Waals surface area contributed by atoms with E-state index in [0.717, 1.165) is 0 Å². The summed E-state index contributed by atoms with van der Waals surface area (Å²) in [6, 6.07) is 0. The first kappa shape index (κ1) is 10.6. The summed E-state index contributed by atoms with van der Waals surface area (Å²) in [6.45, 7) is 3.52. The van der Waals surface area contributed by atoms with Gasteiger partial charge in [-0.05, 0) is 6.08 Å². The molecule has 4 heteroatoms. The standard InChI is InChI=1S/C8H14N2O2/c1-4-7(9)8(10-12-3)5-6-11-2/h4-6,10H,1,9H2,2-3H3/b6-5+,8-7-. The molecule has 0 atom stereocenters. The fraction of sp³-hybridized carbons (Fsp3) is 0.250. The van der Waals surface area contributed by atoms with Gasteiger partial charge in [0, 0.05) is 6.08 Å². The molecule has 0 spiro atoms. The molecule has 0 heterocycles. The van der Waals surface area contributed by atoms with Gasteiger partial charge in [0.1, 0.15) is 0 Å². The predicted octanol–water partition coefficient (Wildman–Crippen LogP) is 0.654. The van der Waals surface area contributed by atoms with Crippen LogP contribution in [-0.4, -0.2) is 14.2 Å². The Kier molecular flexibility index (Phi) is 5.55. The Morgan fingerprint density at radius 1 is 1.50 bits per heavy atom. The van der Waals surface area contributed by atoms with E-state index in [9.17, 15) is 0 Å². The van der Waals surface area contributed by atoms with Gasteiger partial charge in [-0.2, -0.15) is 0 Å². The van der Waals surface area contributed by atoms with E-state index in [1.54, 1.807) is 13.2 Å². The molecule has 3 N–H and O–H groups in total. The maximum absolute atomic E-state index is 5.56. The lowest BCUT2D eigenvalue weighted by Crippen LogP contribution is -2.14. The summed E-state index contributed by atoms with van der Waals surface area (Å²) in [5.41, 5.74) is 9.24. The van der Waals surface area contributed by atoms with Gasteiger partial charge in [-0.15, -0.1) is 0 Å². The molecule has 0 saturated carbocycles. The quantitative estimate of drug-likeness (QED) is 0.361. The van der Waals surface area contributed by atoms with E-state index < -0.39 is 0 Å². The van der Waals surface area contributed by atoms with Crippen molar-refractivity contribution in [2.24, 2.45) is 5.73 Å². The molecule has 12 heavy (non-hydrogen) atoms. The number of nitrogens with two attached hydrogens (primary N) is 1. The van der Waals surface area contributed by atoms with Gasteiger partial charge in [0.05, 0.1) is 31.9 Å². The second-order valence-corrected chi connectivity index (χ2v) is 1.92. The Morgan fingerprint density at radius 3 is 2.58 bits per heavy atom. The van der Waals surface area contributed by atoms with Crippen molar-refractivity contribution in [3.8, 4) is 0 Å². The minimum Gasteiger partial charge on any atom is -0.504 e. The Bertz CT molecular complexity index is 197. The van der Waals surface area contributed by atoms with E-state index in [1.165, 1.54) is 19.4 Å². The van der Waals surface area contributed by atoms with Crippen molar-refractivity contribution in [1.82, 2.24) is 5.48 Å². The van der Waals surface area contributed by atoms with Crippen LogP contribution in [0.15, 0.2) is 36.4 Å². The highest BCUT2D eigenvalue weighted by Crippen LogP contribution is 1.97. The zero-order valence-corrected chi connectivity index (χ0v) is 7.33. The first-order valence-electron chi connectivity index (χ1n) is 3.36. The SMILES string of the molecule is C=C/C(N)=C(\C=C\OC)NOC. The molecule has 0 aromatic carbocycles. The van der Waals surface area contributed by atoms with Gasteiger partial charge in [-0.1, -0.05) is 6.58 Å². The molecule has 0 aliphatic rings. The summed E-state index contributed by atoms with van der Waals surface area (Å²) in [7, 11) is 3.04. The topological polar surface area (TPSA) is 56.5 Å². The van der Waals surface area contributed by atoms with Crippen LogP contribution in [0, 0.1) is 0 Å². The number of hydrogen-bond acceptors (Lipinski definition) is 4. The second kappa shape index (κ2) is 6.30.